The van der Waals surface area contributed by atoms with Gasteiger partial charge in [0.15, 0.2) is 0 Å². The van der Waals surface area contributed by atoms with E-state index in [1.54, 1.807) is 20.1 Å². The average molecular weight is 230 g/mol. The second-order valence-electron chi connectivity index (χ2n) is 3.85. The van der Waals surface area contributed by atoms with E-state index >= 15 is 0 Å². The summed E-state index contributed by atoms with van der Waals surface area (Å²) in [5.41, 5.74) is 0. The van der Waals surface area contributed by atoms with Crippen LogP contribution in [0.15, 0.2) is 12.2 Å². The first-order chi connectivity index (χ1) is 7.60. The molecule has 0 aliphatic carbocycles. The monoisotopic (exact) mass is 230 g/mol. The fourth-order valence-corrected chi connectivity index (χ4v) is 1.20. The topological polar surface area (TPSA) is 44.8 Å². The minimum Gasteiger partial charge on any atom is -0.463 e. The molecule has 4 heteroatoms. The Hall–Kier alpha value is -0.870. The lowest BCUT2D eigenvalue weighted by Gasteiger charge is -2.15. The Labute approximate surface area is 97.6 Å². The molecule has 0 saturated heterocycles. The molecular formula is C12H22O4. The lowest BCUT2D eigenvalue weighted by atomic mass is 10.1. The van der Waals surface area contributed by atoms with E-state index in [2.05, 4.69) is 13.8 Å². The Morgan fingerprint density at radius 3 is 2.56 bits per heavy atom. The van der Waals surface area contributed by atoms with Gasteiger partial charge in [0, 0.05) is 13.2 Å². The number of ether oxygens (including phenoxy) is 3. The second-order valence-corrected chi connectivity index (χ2v) is 3.85. The Bertz CT molecular complexity index is 211. The van der Waals surface area contributed by atoms with Crippen LogP contribution in [0.3, 0.4) is 0 Å². The van der Waals surface area contributed by atoms with E-state index in [-0.39, 0.29) is 18.9 Å². The molecule has 0 heterocycles. The number of methoxy groups -OCH3 is 1. The van der Waals surface area contributed by atoms with E-state index < -0.39 is 0 Å². The van der Waals surface area contributed by atoms with Crippen LogP contribution >= 0.6 is 0 Å². The molecule has 0 aromatic rings. The van der Waals surface area contributed by atoms with Gasteiger partial charge in [-0.1, -0.05) is 13.8 Å². The highest BCUT2D eigenvalue weighted by molar-refractivity contribution is 5.81. The molecule has 4 nitrogen and oxygen atoms in total. The van der Waals surface area contributed by atoms with E-state index in [1.807, 2.05) is 0 Å². The van der Waals surface area contributed by atoms with Crippen LogP contribution in [0.25, 0.3) is 0 Å². The third-order valence-electron chi connectivity index (χ3n) is 1.84. The van der Waals surface area contributed by atoms with Crippen molar-refractivity contribution >= 4 is 5.97 Å². The van der Waals surface area contributed by atoms with Crippen LogP contribution in [-0.2, 0) is 19.0 Å². The van der Waals surface area contributed by atoms with E-state index in [4.69, 9.17) is 14.2 Å². The molecule has 0 aliphatic heterocycles. The van der Waals surface area contributed by atoms with Crippen LogP contribution in [0.5, 0.6) is 0 Å². The van der Waals surface area contributed by atoms with Crippen LogP contribution in [0.2, 0.25) is 0 Å². The molecule has 0 fully saturated rings. The predicted molar refractivity (Wildman–Crippen MR) is 62.0 cm³/mol. The number of rotatable bonds is 8. The van der Waals surface area contributed by atoms with Gasteiger partial charge < -0.3 is 14.2 Å². The minimum absolute atomic E-state index is 0.107. The number of carbonyl (C=O) groups excluding carboxylic acids is 1. The summed E-state index contributed by atoms with van der Waals surface area (Å²) >= 11 is 0. The zero-order valence-corrected chi connectivity index (χ0v) is 10.6. The molecule has 0 saturated carbocycles. The van der Waals surface area contributed by atoms with Crippen LogP contribution < -0.4 is 0 Å². The lowest BCUT2D eigenvalue weighted by Crippen LogP contribution is -2.15. The summed E-state index contributed by atoms with van der Waals surface area (Å²) in [7, 11) is 1.57. The summed E-state index contributed by atoms with van der Waals surface area (Å²) < 4.78 is 15.0. The standard InChI is InChI=1S/C12H22O4/c1-5-15-12(13)7-6-11(8-10(2)3)16-9-14-4/h6-7,10-11H,5,8-9H2,1-4H3/b7-6+/t11-/m1/s1. The Balaban J connectivity index is 4.12. The van der Waals surface area contributed by atoms with Gasteiger partial charge in [0.05, 0.1) is 12.7 Å². The van der Waals surface area contributed by atoms with E-state index in [9.17, 15) is 4.79 Å². The van der Waals surface area contributed by atoms with Gasteiger partial charge in [-0.15, -0.1) is 0 Å². The fraction of sp³-hybridized carbons (Fsp3) is 0.750. The average Bonchev–Trinajstić information content (AvgIpc) is 2.22. The van der Waals surface area contributed by atoms with Gasteiger partial charge in [-0.2, -0.15) is 0 Å². The molecule has 0 N–H and O–H groups in total. The first-order valence-corrected chi connectivity index (χ1v) is 5.55. The highest BCUT2D eigenvalue weighted by Crippen LogP contribution is 2.09. The van der Waals surface area contributed by atoms with Gasteiger partial charge in [-0.05, 0) is 25.3 Å². The maximum atomic E-state index is 11.1. The van der Waals surface area contributed by atoms with Crippen molar-refractivity contribution in [2.45, 2.75) is 33.3 Å². The maximum absolute atomic E-state index is 11.1. The van der Waals surface area contributed by atoms with Gasteiger partial charge in [0.25, 0.3) is 0 Å². The molecule has 0 aromatic carbocycles. The fourth-order valence-electron chi connectivity index (χ4n) is 1.20. The van der Waals surface area contributed by atoms with E-state index in [0.717, 1.165) is 6.42 Å². The highest BCUT2D eigenvalue weighted by atomic mass is 16.7. The number of carbonyl (C=O) groups is 1. The normalized spacial score (nSPS) is 13.3. The molecular weight excluding hydrogens is 208 g/mol. The van der Waals surface area contributed by atoms with Crippen molar-refractivity contribution < 1.29 is 19.0 Å². The molecule has 0 rings (SSSR count). The quantitative estimate of drug-likeness (QED) is 0.364. The maximum Gasteiger partial charge on any atom is 0.330 e. The van der Waals surface area contributed by atoms with Crippen LogP contribution in [0.1, 0.15) is 27.2 Å². The Morgan fingerprint density at radius 2 is 2.06 bits per heavy atom. The lowest BCUT2D eigenvalue weighted by molar-refractivity contribution is -0.137. The van der Waals surface area contributed by atoms with Gasteiger partial charge in [0.1, 0.15) is 6.79 Å². The van der Waals surface area contributed by atoms with Crippen molar-refractivity contribution in [3.63, 3.8) is 0 Å². The van der Waals surface area contributed by atoms with Gasteiger partial charge in [-0.3, -0.25) is 0 Å². The highest BCUT2D eigenvalue weighted by Gasteiger charge is 2.08. The summed E-state index contributed by atoms with van der Waals surface area (Å²) in [5, 5.41) is 0. The summed E-state index contributed by atoms with van der Waals surface area (Å²) in [6.07, 6.45) is 3.87. The van der Waals surface area contributed by atoms with Crippen molar-refractivity contribution in [3.05, 3.63) is 12.2 Å². The molecule has 0 aromatic heterocycles. The van der Waals surface area contributed by atoms with Gasteiger partial charge >= 0.3 is 5.97 Å². The van der Waals surface area contributed by atoms with Crippen molar-refractivity contribution in [2.24, 2.45) is 5.92 Å². The number of esters is 1. The van der Waals surface area contributed by atoms with Crippen LogP contribution in [-0.4, -0.2) is 32.6 Å². The molecule has 0 radical (unpaired) electrons. The third-order valence-corrected chi connectivity index (χ3v) is 1.84. The Kier molecular flexibility index (Phi) is 8.85. The third kappa shape index (κ3) is 8.44. The minimum atomic E-state index is -0.336. The second kappa shape index (κ2) is 9.36. The van der Waals surface area contributed by atoms with Crippen LogP contribution in [0, 0.1) is 5.92 Å². The van der Waals surface area contributed by atoms with Crippen molar-refractivity contribution in [2.75, 3.05) is 20.5 Å². The molecule has 1 atom stereocenters. The largest absolute Gasteiger partial charge is 0.463 e. The van der Waals surface area contributed by atoms with Crippen molar-refractivity contribution in [1.82, 2.24) is 0 Å². The van der Waals surface area contributed by atoms with Gasteiger partial charge in [-0.25, -0.2) is 4.79 Å². The Morgan fingerprint density at radius 1 is 1.38 bits per heavy atom. The summed E-state index contributed by atoms with van der Waals surface area (Å²) in [4.78, 5) is 11.1. The SMILES string of the molecule is CCOC(=O)/C=C/[C@H](CC(C)C)OCOC. The van der Waals surface area contributed by atoms with Crippen molar-refractivity contribution in [3.8, 4) is 0 Å². The molecule has 0 spiro atoms. The molecule has 16 heavy (non-hydrogen) atoms. The molecule has 94 valence electrons. The zero-order valence-electron chi connectivity index (χ0n) is 10.6. The molecule has 0 unspecified atom stereocenters. The molecule has 0 aliphatic rings. The zero-order chi connectivity index (χ0) is 12.4. The van der Waals surface area contributed by atoms with E-state index in [0.29, 0.717) is 12.5 Å². The summed E-state index contributed by atoms with van der Waals surface area (Å²) in [6, 6.07) is 0. The molecule has 0 bridgehead atoms. The van der Waals surface area contributed by atoms with E-state index in [1.165, 1.54) is 6.08 Å². The number of hydrogen-bond donors (Lipinski definition) is 0. The molecule has 0 amide bonds. The van der Waals surface area contributed by atoms with Crippen molar-refractivity contribution in [1.29, 1.82) is 0 Å². The van der Waals surface area contributed by atoms with Gasteiger partial charge in [0.2, 0.25) is 0 Å². The smallest absolute Gasteiger partial charge is 0.330 e. The first kappa shape index (κ1) is 15.1. The van der Waals surface area contributed by atoms with Crippen LogP contribution in [0.4, 0.5) is 0 Å². The number of hydrogen-bond acceptors (Lipinski definition) is 4. The first-order valence-electron chi connectivity index (χ1n) is 5.55. The summed E-state index contributed by atoms with van der Waals surface area (Å²) in [5.74, 6) is 0.158. The predicted octanol–water partition coefficient (Wildman–Crippen LogP) is 2.14. The summed E-state index contributed by atoms with van der Waals surface area (Å²) in [6.45, 7) is 6.59.